The molecule has 3 aromatic carbocycles. The van der Waals surface area contributed by atoms with Gasteiger partial charge < -0.3 is 5.11 Å². The molecule has 0 unspecified atom stereocenters. The first-order valence-corrected chi connectivity index (χ1v) is 8.07. The van der Waals surface area contributed by atoms with E-state index in [1.165, 1.54) is 5.56 Å². The van der Waals surface area contributed by atoms with Gasteiger partial charge in [-0.05, 0) is 47.5 Å². The molecule has 118 valence electrons. The van der Waals surface area contributed by atoms with Crippen LogP contribution in [0.4, 0.5) is 5.69 Å². The lowest BCUT2D eigenvalue weighted by Gasteiger charge is -2.23. The minimum absolute atomic E-state index is 0.178. The predicted octanol–water partition coefficient (Wildman–Crippen LogP) is 4.75. The van der Waals surface area contributed by atoms with Crippen molar-refractivity contribution < 1.29 is 5.11 Å². The first kappa shape index (κ1) is 14.5. The molecule has 0 aliphatic carbocycles. The Morgan fingerprint density at radius 1 is 0.792 bits per heavy atom. The van der Waals surface area contributed by atoms with E-state index in [2.05, 4.69) is 41.4 Å². The molecule has 3 heteroatoms. The summed E-state index contributed by atoms with van der Waals surface area (Å²) in [5, 5.41) is 16.5. The Morgan fingerprint density at radius 2 is 1.42 bits per heavy atom. The second-order valence-electron chi connectivity index (χ2n) is 5.90. The smallest absolute Gasteiger partial charge is 0.115 e. The van der Waals surface area contributed by atoms with Crippen LogP contribution in [-0.4, -0.2) is 10.8 Å². The van der Waals surface area contributed by atoms with Crippen molar-refractivity contribution >= 4 is 11.4 Å². The number of hydrazone groups is 1. The molecular formula is C21H18N2O. The molecule has 0 spiro atoms. The highest BCUT2D eigenvalue weighted by molar-refractivity contribution is 6.03. The van der Waals surface area contributed by atoms with E-state index < -0.39 is 0 Å². The lowest BCUT2D eigenvalue weighted by molar-refractivity contribution is 0.475. The molecule has 24 heavy (non-hydrogen) atoms. The second-order valence-corrected chi connectivity index (χ2v) is 5.90. The van der Waals surface area contributed by atoms with Crippen LogP contribution in [-0.2, 0) is 0 Å². The second kappa shape index (κ2) is 6.20. The fourth-order valence-electron chi connectivity index (χ4n) is 3.09. The van der Waals surface area contributed by atoms with Crippen LogP contribution in [0.25, 0.3) is 0 Å². The van der Waals surface area contributed by atoms with Crippen molar-refractivity contribution in [2.45, 2.75) is 12.5 Å². The molecule has 0 radical (unpaired) electrons. The first-order valence-electron chi connectivity index (χ1n) is 8.07. The highest BCUT2D eigenvalue weighted by Gasteiger charge is 2.29. The zero-order valence-electron chi connectivity index (χ0n) is 13.2. The summed E-state index contributed by atoms with van der Waals surface area (Å²) in [5.74, 6) is 0.275. The van der Waals surface area contributed by atoms with Crippen molar-refractivity contribution in [3.8, 4) is 5.75 Å². The Bertz CT molecular complexity index is 842. The first-order chi connectivity index (χ1) is 11.8. The topological polar surface area (TPSA) is 35.8 Å². The van der Waals surface area contributed by atoms with Crippen molar-refractivity contribution in [2.75, 3.05) is 5.01 Å². The standard InChI is InChI=1S/C21H18N2O/c24-19-13-11-16(12-14-19)20-15-21(17-7-3-1-4-8-17)23(22-20)18-9-5-2-6-10-18/h1-14,21,24H,15H2/t21-/m0/s1. The van der Waals surface area contributed by atoms with Gasteiger partial charge in [0.1, 0.15) is 5.75 Å². The number of hydrogen-bond donors (Lipinski definition) is 1. The number of phenolic OH excluding ortho intramolecular Hbond substituents is 1. The van der Waals surface area contributed by atoms with Gasteiger partial charge in [-0.3, -0.25) is 5.01 Å². The summed E-state index contributed by atoms with van der Waals surface area (Å²) in [5.41, 5.74) is 4.42. The van der Waals surface area contributed by atoms with E-state index in [4.69, 9.17) is 5.10 Å². The molecule has 0 aromatic heterocycles. The van der Waals surface area contributed by atoms with E-state index in [9.17, 15) is 5.11 Å². The van der Waals surface area contributed by atoms with Crippen LogP contribution in [0.2, 0.25) is 0 Å². The number of phenols is 1. The van der Waals surface area contributed by atoms with Crippen molar-refractivity contribution in [1.82, 2.24) is 0 Å². The number of hydrogen-bond acceptors (Lipinski definition) is 3. The molecule has 0 fully saturated rings. The highest BCUT2D eigenvalue weighted by atomic mass is 16.3. The fraction of sp³-hybridized carbons (Fsp3) is 0.0952. The molecule has 1 heterocycles. The van der Waals surface area contributed by atoms with Crippen LogP contribution in [0, 0.1) is 0 Å². The van der Waals surface area contributed by atoms with Crippen molar-refractivity contribution in [3.05, 3.63) is 96.1 Å². The molecule has 0 amide bonds. The average Bonchev–Trinajstić information content (AvgIpc) is 3.09. The normalized spacial score (nSPS) is 16.9. The fourth-order valence-corrected chi connectivity index (χ4v) is 3.09. The largest absolute Gasteiger partial charge is 0.508 e. The Balaban J connectivity index is 1.74. The van der Waals surface area contributed by atoms with E-state index in [0.29, 0.717) is 0 Å². The summed E-state index contributed by atoms with van der Waals surface area (Å²) in [6.07, 6.45) is 0.837. The Morgan fingerprint density at radius 3 is 2.08 bits per heavy atom. The molecular weight excluding hydrogens is 296 g/mol. The summed E-state index contributed by atoms with van der Waals surface area (Å²) in [7, 11) is 0. The predicted molar refractivity (Wildman–Crippen MR) is 97.4 cm³/mol. The Labute approximate surface area is 141 Å². The van der Waals surface area contributed by atoms with Gasteiger partial charge in [0.2, 0.25) is 0 Å². The molecule has 0 saturated heterocycles. The van der Waals surface area contributed by atoms with Crippen LogP contribution in [0.15, 0.2) is 90.0 Å². The van der Waals surface area contributed by atoms with Crippen LogP contribution in [0.5, 0.6) is 5.75 Å². The maximum atomic E-state index is 9.51. The number of aromatic hydroxyl groups is 1. The van der Waals surface area contributed by atoms with Gasteiger partial charge in [-0.25, -0.2) is 0 Å². The monoisotopic (exact) mass is 314 g/mol. The minimum atomic E-state index is 0.178. The molecule has 1 N–H and O–H groups in total. The van der Waals surface area contributed by atoms with Crippen LogP contribution < -0.4 is 5.01 Å². The summed E-state index contributed by atoms with van der Waals surface area (Å²) in [6, 6.07) is 28.2. The zero-order chi connectivity index (χ0) is 16.4. The molecule has 3 aromatic rings. The molecule has 1 atom stereocenters. The van der Waals surface area contributed by atoms with Crippen LogP contribution >= 0.6 is 0 Å². The summed E-state index contributed by atoms with van der Waals surface area (Å²) in [4.78, 5) is 0. The van der Waals surface area contributed by atoms with E-state index >= 15 is 0 Å². The summed E-state index contributed by atoms with van der Waals surface area (Å²) in [6.45, 7) is 0. The SMILES string of the molecule is Oc1ccc(C2=NN(c3ccccc3)[C@H](c3ccccc3)C2)cc1. The van der Waals surface area contributed by atoms with E-state index in [1.54, 1.807) is 12.1 Å². The maximum Gasteiger partial charge on any atom is 0.115 e. The van der Waals surface area contributed by atoms with Crippen molar-refractivity contribution in [2.24, 2.45) is 5.10 Å². The lowest BCUT2D eigenvalue weighted by atomic mass is 9.98. The molecule has 0 bridgehead atoms. The van der Waals surface area contributed by atoms with Crippen molar-refractivity contribution in [1.29, 1.82) is 0 Å². The van der Waals surface area contributed by atoms with Gasteiger partial charge in [0.25, 0.3) is 0 Å². The lowest BCUT2D eigenvalue weighted by Crippen LogP contribution is -2.18. The van der Waals surface area contributed by atoms with Gasteiger partial charge in [0.05, 0.1) is 17.4 Å². The van der Waals surface area contributed by atoms with Crippen molar-refractivity contribution in [3.63, 3.8) is 0 Å². The average molecular weight is 314 g/mol. The molecule has 1 aliphatic heterocycles. The Kier molecular flexibility index (Phi) is 3.75. The maximum absolute atomic E-state index is 9.51. The van der Waals surface area contributed by atoms with Gasteiger partial charge in [-0.1, -0.05) is 48.5 Å². The Hall–Kier alpha value is -3.07. The van der Waals surface area contributed by atoms with Crippen LogP contribution in [0.3, 0.4) is 0 Å². The minimum Gasteiger partial charge on any atom is -0.508 e. The van der Waals surface area contributed by atoms with Gasteiger partial charge in [0.15, 0.2) is 0 Å². The molecule has 0 saturated carbocycles. The van der Waals surface area contributed by atoms with Gasteiger partial charge >= 0.3 is 0 Å². The molecule has 1 aliphatic rings. The number of rotatable bonds is 3. The van der Waals surface area contributed by atoms with E-state index in [0.717, 1.165) is 23.4 Å². The third kappa shape index (κ3) is 2.76. The van der Waals surface area contributed by atoms with Gasteiger partial charge in [-0.2, -0.15) is 5.10 Å². The summed E-state index contributed by atoms with van der Waals surface area (Å²) >= 11 is 0. The van der Waals surface area contributed by atoms with Crippen LogP contribution in [0.1, 0.15) is 23.6 Å². The summed E-state index contributed by atoms with van der Waals surface area (Å²) < 4.78 is 0. The third-order valence-electron chi connectivity index (χ3n) is 4.32. The number of nitrogens with zero attached hydrogens (tertiary/aromatic N) is 2. The van der Waals surface area contributed by atoms with E-state index in [-0.39, 0.29) is 11.8 Å². The number of anilines is 1. The molecule has 4 rings (SSSR count). The number of para-hydroxylation sites is 1. The molecule has 3 nitrogen and oxygen atoms in total. The zero-order valence-corrected chi connectivity index (χ0v) is 13.2. The van der Waals surface area contributed by atoms with E-state index in [1.807, 2.05) is 36.4 Å². The quantitative estimate of drug-likeness (QED) is 0.757. The number of benzene rings is 3. The van der Waals surface area contributed by atoms with Gasteiger partial charge in [-0.15, -0.1) is 0 Å². The highest BCUT2D eigenvalue weighted by Crippen LogP contribution is 2.36. The van der Waals surface area contributed by atoms with Gasteiger partial charge in [0, 0.05) is 6.42 Å². The third-order valence-corrected chi connectivity index (χ3v) is 4.32.